The molecular weight excluding hydrogens is 292 g/mol. The van der Waals surface area contributed by atoms with Gasteiger partial charge in [-0.3, -0.25) is 4.79 Å². The number of benzene rings is 1. The molecule has 0 aromatic heterocycles. The van der Waals surface area contributed by atoms with Gasteiger partial charge in [0.2, 0.25) is 0 Å². The minimum Gasteiger partial charge on any atom is -0.452 e. The molecule has 5 heteroatoms. The van der Waals surface area contributed by atoms with Crippen LogP contribution in [0.3, 0.4) is 0 Å². The molecule has 1 fully saturated rings. The predicted octanol–water partition coefficient (Wildman–Crippen LogP) is 3.12. The van der Waals surface area contributed by atoms with E-state index in [-0.39, 0.29) is 12.5 Å². The molecule has 1 aliphatic rings. The highest BCUT2D eigenvalue weighted by atomic mass is 16.5. The molecule has 1 amide bonds. The highest BCUT2D eigenvalue weighted by molar-refractivity contribution is 5.94. The maximum Gasteiger partial charge on any atom is 0.331 e. The van der Waals surface area contributed by atoms with Crippen LogP contribution < -0.4 is 10.2 Å². The van der Waals surface area contributed by atoms with Crippen molar-refractivity contribution in [1.29, 1.82) is 0 Å². The van der Waals surface area contributed by atoms with Crippen molar-refractivity contribution >= 4 is 23.3 Å². The summed E-state index contributed by atoms with van der Waals surface area (Å²) in [7, 11) is 0. The number of nitrogens with one attached hydrogen (secondary N) is 1. The number of piperidine rings is 1. The fourth-order valence-corrected chi connectivity index (χ4v) is 2.52. The zero-order valence-electron chi connectivity index (χ0n) is 13.8. The quantitative estimate of drug-likeness (QED) is 0.670. The van der Waals surface area contributed by atoms with Crippen molar-refractivity contribution in [2.24, 2.45) is 0 Å². The number of esters is 1. The molecule has 0 bridgehead atoms. The molecule has 0 unspecified atom stereocenters. The van der Waals surface area contributed by atoms with Gasteiger partial charge in [0.15, 0.2) is 6.61 Å². The monoisotopic (exact) mass is 316 g/mol. The molecular formula is C18H24N2O3. The van der Waals surface area contributed by atoms with E-state index in [0.29, 0.717) is 5.69 Å². The maximum atomic E-state index is 11.8. The fourth-order valence-electron chi connectivity index (χ4n) is 2.52. The molecule has 1 saturated heterocycles. The Morgan fingerprint density at radius 2 is 1.78 bits per heavy atom. The molecule has 2 rings (SSSR count). The topological polar surface area (TPSA) is 58.6 Å². The zero-order valence-corrected chi connectivity index (χ0v) is 13.8. The van der Waals surface area contributed by atoms with E-state index in [2.05, 4.69) is 10.2 Å². The second-order valence-electron chi connectivity index (χ2n) is 5.97. The van der Waals surface area contributed by atoms with E-state index < -0.39 is 5.97 Å². The lowest BCUT2D eigenvalue weighted by Gasteiger charge is -2.28. The molecule has 1 heterocycles. The summed E-state index contributed by atoms with van der Waals surface area (Å²) < 4.78 is 4.87. The first kappa shape index (κ1) is 17.1. The van der Waals surface area contributed by atoms with Crippen molar-refractivity contribution in [3.63, 3.8) is 0 Å². The van der Waals surface area contributed by atoms with E-state index >= 15 is 0 Å². The smallest absolute Gasteiger partial charge is 0.331 e. The number of ether oxygens (including phenoxy) is 1. The van der Waals surface area contributed by atoms with Gasteiger partial charge in [0.25, 0.3) is 5.91 Å². The summed E-state index contributed by atoms with van der Waals surface area (Å²) in [6.07, 6.45) is 5.13. The van der Waals surface area contributed by atoms with Crippen molar-refractivity contribution in [2.75, 3.05) is 29.9 Å². The van der Waals surface area contributed by atoms with Gasteiger partial charge in [-0.05, 0) is 57.4 Å². The summed E-state index contributed by atoms with van der Waals surface area (Å²) >= 11 is 0. The van der Waals surface area contributed by atoms with Crippen molar-refractivity contribution in [1.82, 2.24) is 0 Å². The lowest BCUT2D eigenvalue weighted by molar-refractivity contribution is -0.142. The minimum absolute atomic E-state index is 0.281. The Kier molecular flexibility index (Phi) is 6.20. The lowest BCUT2D eigenvalue weighted by atomic mass is 10.1. The van der Waals surface area contributed by atoms with Crippen LogP contribution in [0.25, 0.3) is 0 Å². The molecule has 0 aliphatic carbocycles. The third kappa shape index (κ3) is 5.77. The SMILES string of the molecule is CC(C)=CC(=O)OCC(=O)Nc1ccc(N2CCCCC2)cc1. The molecule has 0 atom stereocenters. The van der Waals surface area contributed by atoms with Gasteiger partial charge in [0.1, 0.15) is 0 Å². The largest absolute Gasteiger partial charge is 0.452 e. The molecule has 124 valence electrons. The van der Waals surface area contributed by atoms with E-state index in [1.165, 1.54) is 31.0 Å². The lowest BCUT2D eigenvalue weighted by Crippen LogP contribution is -2.29. The Bertz CT molecular complexity index is 568. The van der Waals surface area contributed by atoms with Crippen molar-refractivity contribution < 1.29 is 14.3 Å². The molecule has 0 saturated carbocycles. The number of carbonyl (C=O) groups excluding carboxylic acids is 2. The van der Waals surface area contributed by atoms with Crippen LogP contribution in [0.5, 0.6) is 0 Å². The Hall–Kier alpha value is -2.30. The Morgan fingerprint density at radius 1 is 1.13 bits per heavy atom. The average molecular weight is 316 g/mol. The van der Waals surface area contributed by atoms with Gasteiger partial charge in [-0.2, -0.15) is 0 Å². The van der Waals surface area contributed by atoms with E-state index in [4.69, 9.17) is 4.74 Å². The maximum absolute atomic E-state index is 11.8. The number of allylic oxidation sites excluding steroid dienone is 1. The van der Waals surface area contributed by atoms with Gasteiger partial charge < -0.3 is 15.0 Å². The summed E-state index contributed by atoms with van der Waals surface area (Å²) in [6, 6.07) is 7.77. The second kappa shape index (κ2) is 8.36. The first-order valence-electron chi connectivity index (χ1n) is 8.01. The van der Waals surface area contributed by atoms with Crippen molar-refractivity contribution in [3.05, 3.63) is 35.9 Å². The third-order valence-corrected chi connectivity index (χ3v) is 3.62. The number of hydrogen-bond acceptors (Lipinski definition) is 4. The van der Waals surface area contributed by atoms with Crippen molar-refractivity contribution in [2.45, 2.75) is 33.1 Å². The molecule has 1 aromatic rings. The van der Waals surface area contributed by atoms with Crippen LogP contribution in [-0.2, 0) is 14.3 Å². The number of amides is 1. The number of rotatable bonds is 5. The van der Waals surface area contributed by atoms with Gasteiger partial charge in [0, 0.05) is 30.5 Å². The highest BCUT2D eigenvalue weighted by Crippen LogP contribution is 2.21. The van der Waals surface area contributed by atoms with Gasteiger partial charge in [-0.1, -0.05) is 5.57 Å². The van der Waals surface area contributed by atoms with Crippen LogP contribution in [0.4, 0.5) is 11.4 Å². The Labute approximate surface area is 137 Å². The second-order valence-corrected chi connectivity index (χ2v) is 5.97. The summed E-state index contributed by atoms with van der Waals surface area (Å²) in [5, 5.41) is 2.73. The highest BCUT2D eigenvalue weighted by Gasteiger charge is 2.11. The third-order valence-electron chi connectivity index (χ3n) is 3.62. The van der Waals surface area contributed by atoms with E-state index in [1.807, 2.05) is 24.3 Å². The standard InChI is InChI=1S/C18H24N2O3/c1-14(2)12-18(22)23-13-17(21)19-15-6-8-16(9-7-15)20-10-4-3-5-11-20/h6-9,12H,3-5,10-11,13H2,1-2H3,(H,19,21). The number of anilines is 2. The Balaban J connectivity index is 1.82. The van der Waals surface area contributed by atoms with Gasteiger partial charge >= 0.3 is 5.97 Å². The van der Waals surface area contributed by atoms with Crippen LogP contribution >= 0.6 is 0 Å². The Morgan fingerprint density at radius 3 is 2.39 bits per heavy atom. The number of nitrogens with zero attached hydrogens (tertiary/aromatic N) is 1. The van der Waals surface area contributed by atoms with Crippen LogP contribution in [0.15, 0.2) is 35.9 Å². The molecule has 1 aromatic carbocycles. The summed E-state index contributed by atoms with van der Waals surface area (Å²) in [4.78, 5) is 25.5. The zero-order chi connectivity index (χ0) is 16.7. The van der Waals surface area contributed by atoms with Crippen LogP contribution in [0.2, 0.25) is 0 Å². The van der Waals surface area contributed by atoms with Crippen LogP contribution in [-0.4, -0.2) is 31.6 Å². The average Bonchev–Trinajstić information content (AvgIpc) is 2.54. The summed E-state index contributed by atoms with van der Waals surface area (Å²) in [6.45, 7) is 5.49. The van der Waals surface area contributed by atoms with Gasteiger partial charge in [-0.25, -0.2) is 4.79 Å². The van der Waals surface area contributed by atoms with Crippen LogP contribution in [0.1, 0.15) is 33.1 Å². The molecule has 1 N–H and O–H groups in total. The van der Waals surface area contributed by atoms with Gasteiger partial charge in [-0.15, -0.1) is 0 Å². The van der Waals surface area contributed by atoms with E-state index in [0.717, 1.165) is 18.7 Å². The normalized spacial score (nSPS) is 14.1. The predicted molar refractivity (Wildman–Crippen MR) is 91.5 cm³/mol. The first-order valence-corrected chi connectivity index (χ1v) is 8.01. The van der Waals surface area contributed by atoms with E-state index in [1.54, 1.807) is 13.8 Å². The van der Waals surface area contributed by atoms with Crippen LogP contribution in [0, 0.1) is 0 Å². The minimum atomic E-state index is -0.499. The molecule has 1 aliphatic heterocycles. The van der Waals surface area contributed by atoms with E-state index in [9.17, 15) is 9.59 Å². The number of carbonyl (C=O) groups is 2. The molecule has 0 spiro atoms. The molecule has 0 radical (unpaired) electrons. The summed E-state index contributed by atoms with van der Waals surface area (Å²) in [5.74, 6) is -0.841. The first-order chi connectivity index (χ1) is 11.0. The fraction of sp³-hybridized carbons (Fsp3) is 0.444. The number of hydrogen-bond donors (Lipinski definition) is 1. The molecule has 5 nitrogen and oxygen atoms in total. The van der Waals surface area contributed by atoms with Crippen molar-refractivity contribution in [3.8, 4) is 0 Å². The van der Waals surface area contributed by atoms with Gasteiger partial charge in [0.05, 0.1) is 0 Å². The summed E-state index contributed by atoms with van der Waals surface area (Å²) in [5.41, 5.74) is 2.72. The molecule has 23 heavy (non-hydrogen) atoms.